The SMILES string of the molecule is CCC(=O)C(C)C(=O)ON(C)C. The lowest BCUT2D eigenvalue weighted by molar-refractivity contribution is -0.183. The summed E-state index contributed by atoms with van der Waals surface area (Å²) in [5.74, 6) is -1.24. The lowest BCUT2D eigenvalue weighted by Crippen LogP contribution is -2.28. The minimum absolute atomic E-state index is 0.0955. The molecule has 0 saturated carbocycles. The molecule has 0 aliphatic heterocycles. The molecule has 0 aliphatic rings. The van der Waals surface area contributed by atoms with Gasteiger partial charge in [0.2, 0.25) is 0 Å². The number of ketones is 1. The van der Waals surface area contributed by atoms with Crippen LogP contribution in [0.3, 0.4) is 0 Å². The Hall–Kier alpha value is -0.900. The van der Waals surface area contributed by atoms with E-state index in [1.807, 2.05) is 0 Å². The molecule has 0 fully saturated rings. The van der Waals surface area contributed by atoms with Crippen molar-refractivity contribution in [1.29, 1.82) is 0 Å². The zero-order valence-corrected chi connectivity index (χ0v) is 7.96. The maximum absolute atomic E-state index is 11.1. The summed E-state index contributed by atoms with van der Waals surface area (Å²) >= 11 is 0. The van der Waals surface area contributed by atoms with Gasteiger partial charge in [-0.1, -0.05) is 6.92 Å². The monoisotopic (exact) mass is 173 g/mol. The molecule has 1 atom stereocenters. The van der Waals surface area contributed by atoms with E-state index in [-0.39, 0.29) is 5.78 Å². The molecule has 4 nitrogen and oxygen atoms in total. The average Bonchev–Trinajstić information content (AvgIpc) is 2.00. The highest BCUT2D eigenvalue weighted by Gasteiger charge is 2.21. The topological polar surface area (TPSA) is 46.6 Å². The van der Waals surface area contributed by atoms with E-state index >= 15 is 0 Å². The molecule has 0 aromatic rings. The van der Waals surface area contributed by atoms with Gasteiger partial charge in [0.25, 0.3) is 0 Å². The summed E-state index contributed by atoms with van der Waals surface area (Å²) < 4.78 is 0. The van der Waals surface area contributed by atoms with Crippen LogP contribution in [0.1, 0.15) is 20.3 Å². The van der Waals surface area contributed by atoms with Gasteiger partial charge in [-0.15, -0.1) is 5.06 Å². The van der Waals surface area contributed by atoms with Gasteiger partial charge in [0.05, 0.1) is 0 Å². The number of carbonyl (C=O) groups is 2. The molecule has 0 aromatic carbocycles. The first-order valence-corrected chi connectivity index (χ1v) is 3.90. The van der Waals surface area contributed by atoms with Gasteiger partial charge < -0.3 is 4.84 Å². The molecule has 0 N–H and O–H groups in total. The predicted octanol–water partition coefficient (Wildman–Crippen LogP) is 0.621. The summed E-state index contributed by atoms with van der Waals surface area (Å²) in [6, 6.07) is 0. The highest BCUT2D eigenvalue weighted by atomic mass is 16.7. The van der Waals surface area contributed by atoms with Gasteiger partial charge in [-0.2, -0.15) is 0 Å². The summed E-state index contributed by atoms with van der Waals surface area (Å²) in [4.78, 5) is 26.8. The number of hydroxylamine groups is 2. The molecular weight excluding hydrogens is 158 g/mol. The molecule has 0 amide bonds. The Balaban J connectivity index is 4.01. The summed E-state index contributed by atoms with van der Waals surface area (Å²) in [6.07, 6.45) is 0.365. The number of carbonyl (C=O) groups excluding carboxylic acids is 2. The first-order valence-electron chi connectivity index (χ1n) is 3.90. The fourth-order valence-corrected chi connectivity index (χ4v) is 0.697. The van der Waals surface area contributed by atoms with E-state index in [9.17, 15) is 9.59 Å². The van der Waals surface area contributed by atoms with Crippen LogP contribution in [0.25, 0.3) is 0 Å². The van der Waals surface area contributed by atoms with Gasteiger partial charge in [-0.3, -0.25) is 4.79 Å². The first-order chi connectivity index (χ1) is 5.49. The summed E-state index contributed by atoms with van der Waals surface area (Å²) in [5.41, 5.74) is 0. The molecule has 0 spiro atoms. The van der Waals surface area contributed by atoms with Crippen LogP contribution >= 0.6 is 0 Å². The molecule has 12 heavy (non-hydrogen) atoms. The summed E-state index contributed by atoms with van der Waals surface area (Å²) in [7, 11) is 3.20. The number of hydrogen-bond donors (Lipinski definition) is 0. The second-order valence-corrected chi connectivity index (χ2v) is 2.76. The van der Waals surface area contributed by atoms with Crippen molar-refractivity contribution >= 4 is 11.8 Å². The Morgan fingerprint density at radius 3 is 2.25 bits per heavy atom. The van der Waals surface area contributed by atoms with Crippen molar-refractivity contribution in [3.63, 3.8) is 0 Å². The van der Waals surface area contributed by atoms with E-state index in [2.05, 4.69) is 0 Å². The van der Waals surface area contributed by atoms with Gasteiger partial charge in [0.15, 0.2) is 0 Å². The molecule has 0 rings (SSSR count). The number of Topliss-reactive ketones (excluding diaryl/α,β-unsaturated/α-hetero) is 1. The van der Waals surface area contributed by atoms with Crippen LogP contribution in [0.15, 0.2) is 0 Å². The average molecular weight is 173 g/mol. The van der Waals surface area contributed by atoms with Crippen molar-refractivity contribution < 1.29 is 14.4 Å². The van der Waals surface area contributed by atoms with Crippen LogP contribution in [0.5, 0.6) is 0 Å². The third kappa shape index (κ3) is 3.48. The molecule has 1 unspecified atom stereocenters. The minimum atomic E-state index is -0.655. The van der Waals surface area contributed by atoms with Gasteiger partial charge in [0, 0.05) is 20.5 Å². The molecule has 0 heterocycles. The van der Waals surface area contributed by atoms with E-state index in [4.69, 9.17) is 4.84 Å². The van der Waals surface area contributed by atoms with Gasteiger partial charge in [0.1, 0.15) is 11.7 Å². The predicted molar refractivity (Wildman–Crippen MR) is 44.2 cm³/mol. The number of nitrogens with zero attached hydrogens (tertiary/aromatic N) is 1. The molecule has 0 aliphatic carbocycles. The second-order valence-electron chi connectivity index (χ2n) is 2.76. The molecular formula is C8H15NO3. The van der Waals surface area contributed by atoms with Crippen molar-refractivity contribution in [1.82, 2.24) is 5.06 Å². The maximum Gasteiger partial charge on any atom is 0.335 e. The Morgan fingerprint density at radius 2 is 1.92 bits per heavy atom. The van der Waals surface area contributed by atoms with Crippen molar-refractivity contribution in [2.24, 2.45) is 5.92 Å². The lowest BCUT2D eigenvalue weighted by atomic mass is 10.1. The van der Waals surface area contributed by atoms with Crippen LogP contribution < -0.4 is 0 Å². The third-order valence-corrected chi connectivity index (χ3v) is 1.46. The van der Waals surface area contributed by atoms with Crippen LogP contribution in [-0.2, 0) is 14.4 Å². The van der Waals surface area contributed by atoms with Crippen molar-refractivity contribution in [3.8, 4) is 0 Å². The van der Waals surface area contributed by atoms with Gasteiger partial charge >= 0.3 is 5.97 Å². The molecule has 0 radical (unpaired) electrons. The number of rotatable bonds is 4. The molecule has 0 bridgehead atoms. The molecule has 0 saturated heterocycles. The summed E-state index contributed by atoms with van der Waals surface area (Å²) in [6.45, 7) is 3.28. The van der Waals surface area contributed by atoms with Crippen LogP contribution in [-0.4, -0.2) is 30.9 Å². The highest BCUT2D eigenvalue weighted by Crippen LogP contribution is 2.03. The van der Waals surface area contributed by atoms with E-state index in [1.165, 1.54) is 5.06 Å². The fourth-order valence-electron chi connectivity index (χ4n) is 0.697. The summed E-state index contributed by atoms with van der Waals surface area (Å²) in [5, 5.41) is 1.28. The molecule has 0 aromatic heterocycles. The minimum Gasteiger partial charge on any atom is -0.368 e. The lowest BCUT2D eigenvalue weighted by Gasteiger charge is -2.13. The standard InChI is InChI=1S/C8H15NO3/c1-5-7(10)6(2)8(11)12-9(3)4/h6H,5H2,1-4H3. The third-order valence-electron chi connectivity index (χ3n) is 1.46. The Bertz CT molecular complexity index is 177. The van der Waals surface area contributed by atoms with E-state index in [1.54, 1.807) is 27.9 Å². The quantitative estimate of drug-likeness (QED) is 0.462. The highest BCUT2D eigenvalue weighted by molar-refractivity contribution is 5.98. The van der Waals surface area contributed by atoms with Gasteiger partial charge in [-0.25, -0.2) is 4.79 Å². The van der Waals surface area contributed by atoms with E-state index in [0.717, 1.165) is 0 Å². The second kappa shape index (κ2) is 4.87. The van der Waals surface area contributed by atoms with Crippen LogP contribution in [0.4, 0.5) is 0 Å². The normalized spacial score (nSPS) is 12.8. The van der Waals surface area contributed by atoms with Crippen LogP contribution in [0.2, 0.25) is 0 Å². The van der Waals surface area contributed by atoms with Crippen molar-refractivity contribution in [2.45, 2.75) is 20.3 Å². The van der Waals surface area contributed by atoms with Crippen LogP contribution in [0, 0.1) is 5.92 Å². The zero-order valence-electron chi connectivity index (χ0n) is 7.96. The van der Waals surface area contributed by atoms with E-state index in [0.29, 0.717) is 6.42 Å². The van der Waals surface area contributed by atoms with Crippen molar-refractivity contribution in [2.75, 3.05) is 14.1 Å². The first kappa shape index (κ1) is 11.1. The Kier molecular flexibility index (Phi) is 4.51. The Morgan fingerprint density at radius 1 is 1.42 bits per heavy atom. The number of hydrogen-bond acceptors (Lipinski definition) is 4. The van der Waals surface area contributed by atoms with Crippen molar-refractivity contribution in [3.05, 3.63) is 0 Å². The smallest absolute Gasteiger partial charge is 0.335 e. The maximum atomic E-state index is 11.1. The molecule has 4 heteroatoms. The zero-order chi connectivity index (χ0) is 9.72. The fraction of sp³-hybridized carbons (Fsp3) is 0.750. The van der Waals surface area contributed by atoms with Gasteiger partial charge in [-0.05, 0) is 6.92 Å². The largest absolute Gasteiger partial charge is 0.368 e. The molecule has 70 valence electrons. The van der Waals surface area contributed by atoms with E-state index < -0.39 is 11.9 Å². The Labute approximate surface area is 72.4 Å².